The number of halogens is 4. The van der Waals surface area contributed by atoms with Crippen LogP contribution in [-0.4, -0.2) is 0 Å². The summed E-state index contributed by atoms with van der Waals surface area (Å²) in [5, 5.41) is 0. The third-order valence-corrected chi connectivity index (χ3v) is 1.97. The molecular weight excluding hydrogens is 270 g/mol. The maximum Gasteiger partial charge on any atom is 0.160 e. The molecule has 0 radical (unpaired) electrons. The number of hydrogen-bond acceptors (Lipinski definition) is 1. The molecule has 11 heavy (non-hydrogen) atoms. The van der Waals surface area contributed by atoms with Gasteiger partial charge >= 0.3 is 0 Å². The summed E-state index contributed by atoms with van der Waals surface area (Å²) in [6, 6.07) is 2.03. The Morgan fingerprint density at radius 3 is 2.09 bits per heavy atom. The van der Waals surface area contributed by atoms with Gasteiger partial charge in [-0.2, -0.15) is 0 Å². The van der Waals surface area contributed by atoms with E-state index in [2.05, 4.69) is 0 Å². The van der Waals surface area contributed by atoms with Crippen LogP contribution >= 0.6 is 22.6 Å². The molecule has 0 saturated heterocycles. The lowest BCUT2D eigenvalue weighted by Crippen LogP contribution is -1.93. The predicted octanol–water partition coefficient (Wildman–Crippen LogP) is 2.30. The van der Waals surface area contributed by atoms with Crippen molar-refractivity contribution in [2.45, 2.75) is 0 Å². The van der Waals surface area contributed by atoms with E-state index < -0.39 is 11.6 Å². The van der Waals surface area contributed by atoms with Crippen molar-refractivity contribution in [2.75, 3.05) is 5.73 Å². The molecule has 0 amide bonds. The number of benzene rings is 1. The van der Waals surface area contributed by atoms with E-state index >= 15 is 0 Å². The molecule has 0 unspecified atom stereocenters. The molecule has 1 nitrogen and oxygen atoms in total. The van der Waals surface area contributed by atoms with Gasteiger partial charge in [-0.05, 0) is 28.7 Å². The summed E-state index contributed by atoms with van der Waals surface area (Å²) >= 11 is 1.83. The highest BCUT2D eigenvalue weighted by Gasteiger charge is 2.03. The van der Waals surface area contributed by atoms with Crippen molar-refractivity contribution < 1.29 is 13.5 Å². The van der Waals surface area contributed by atoms with Crippen molar-refractivity contribution in [1.82, 2.24) is 0 Å². The lowest BCUT2D eigenvalue weighted by molar-refractivity contribution is 0.508. The topological polar surface area (TPSA) is 26.0 Å². The summed E-state index contributed by atoms with van der Waals surface area (Å²) in [5.41, 5.74) is 5.54. The fraction of sp³-hybridized carbons (Fsp3) is 0. The maximum atomic E-state index is 12.3. The molecule has 2 N–H and O–H groups in total. The first-order valence-corrected chi connectivity index (χ1v) is 3.59. The summed E-state index contributed by atoms with van der Waals surface area (Å²) in [6.07, 6.45) is 0. The molecule has 0 spiro atoms. The molecule has 0 heterocycles. The van der Waals surface area contributed by atoms with E-state index in [4.69, 9.17) is 5.73 Å². The van der Waals surface area contributed by atoms with Crippen LogP contribution in [0.3, 0.4) is 0 Å². The van der Waals surface area contributed by atoms with Gasteiger partial charge in [0.1, 0.15) is 0 Å². The van der Waals surface area contributed by atoms with Crippen LogP contribution in [0.1, 0.15) is 0 Å². The normalized spacial score (nSPS) is 9.00. The number of nitrogen functional groups attached to an aromatic ring is 1. The van der Waals surface area contributed by atoms with E-state index in [0.29, 0.717) is 3.57 Å². The standard InChI is InChI=1S/C6H4F2IN.FH/c7-3-1-5(9)6(10)2-4(3)8;/h1-2H,10H2;1H. The minimum absolute atomic E-state index is 0. The highest BCUT2D eigenvalue weighted by atomic mass is 127. The minimum atomic E-state index is -0.905. The van der Waals surface area contributed by atoms with Crippen molar-refractivity contribution in [3.8, 4) is 0 Å². The van der Waals surface area contributed by atoms with Crippen LogP contribution in [0.2, 0.25) is 0 Å². The zero-order chi connectivity index (χ0) is 7.72. The molecule has 0 fully saturated rings. The Hall–Kier alpha value is -0.460. The first kappa shape index (κ1) is 10.5. The van der Waals surface area contributed by atoms with Crippen LogP contribution in [0.25, 0.3) is 0 Å². The van der Waals surface area contributed by atoms with Gasteiger partial charge in [0.2, 0.25) is 0 Å². The third kappa shape index (κ3) is 2.25. The van der Waals surface area contributed by atoms with Gasteiger partial charge in [0.15, 0.2) is 11.6 Å². The van der Waals surface area contributed by atoms with E-state index in [9.17, 15) is 8.78 Å². The molecule has 0 aliphatic heterocycles. The molecule has 0 aromatic heterocycles. The number of rotatable bonds is 0. The quantitative estimate of drug-likeness (QED) is 0.439. The van der Waals surface area contributed by atoms with Crippen LogP contribution in [0, 0.1) is 15.2 Å². The van der Waals surface area contributed by atoms with Crippen molar-refractivity contribution in [2.24, 2.45) is 0 Å². The first-order chi connectivity index (χ1) is 4.61. The van der Waals surface area contributed by atoms with E-state index in [-0.39, 0.29) is 10.4 Å². The molecule has 1 aromatic carbocycles. The number of nitrogens with two attached hydrogens (primary N) is 1. The summed E-state index contributed by atoms with van der Waals surface area (Å²) in [4.78, 5) is 0. The van der Waals surface area contributed by atoms with Gasteiger partial charge in [0.05, 0.1) is 0 Å². The number of anilines is 1. The Kier molecular flexibility index (Phi) is 3.64. The fourth-order valence-electron chi connectivity index (χ4n) is 0.538. The van der Waals surface area contributed by atoms with Crippen LogP contribution in [-0.2, 0) is 0 Å². The average Bonchev–Trinajstić information content (AvgIpc) is 1.84. The third-order valence-electron chi connectivity index (χ3n) is 1.04. The Bertz CT molecular complexity index is 214. The molecule has 1 rings (SSSR count). The smallest absolute Gasteiger partial charge is 0.160 e. The molecular formula is C6H5F3IN. The molecule has 0 aliphatic carbocycles. The van der Waals surface area contributed by atoms with E-state index in [1.165, 1.54) is 0 Å². The van der Waals surface area contributed by atoms with Crippen molar-refractivity contribution >= 4 is 28.3 Å². The molecule has 0 atom stereocenters. The zero-order valence-electron chi connectivity index (χ0n) is 5.27. The SMILES string of the molecule is F.Nc1cc(F)c(F)cc1I. The molecule has 0 saturated carbocycles. The molecule has 5 heteroatoms. The summed E-state index contributed by atoms with van der Waals surface area (Å²) in [5.74, 6) is -1.77. The van der Waals surface area contributed by atoms with E-state index in [1.54, 1.807) is 0 Å². The van der Waals surface area contributed by atoms with Crippen LogP contribution in [0.5, 0.6) is 0 Å². The Balaban J connectivity index is 0.000001000. The average molecular weight is 275 g/mol. The van der Waals surface area contributed by atoms with Gasteiger partial charge in [-0.15, -0.1) is 0 Å². The van der Waals surface area contributed by atoms with Gasteiger partial charge in [0.25, 0.3) is 0 Å². The number of hydrogen-bond donors (Lipinski definition) is 1. The Morgan fingerprint density at radius 1 is 1.18 bits per heavy atom. The second kappa shape index (κ2) is 3.80. The van der Waals surface area contributed by atoms with Gasteiger partial charge in [-0.1, -0.05) is 0 Å². The van der Waals surface area contributed by atoms with Crippen LogP contribution in [0.4, 0.5) is 19.2 Å². The fourth-order valence-corrected chi connectivity index (χ4v) is 0.967. The molecule has 0 bridgehead atoms. The minimum Gasteiger partial charge on any atom is -0.398 e. The first-order valence-electron chi connectivity index (χ1n) is 2.51. The summed E-state index contributed by atoms with van der Waals surface area (Å²) in [7, 11) is 0. The van der Waals surface area contributed by atoms with E-state index in [0.717, 1.165) is 12.1 Å². The van der Waals surface area contributed by atoms with Gasteiger partial charge < -0.3 is 5.73 Å². The largest absolute Gasteiger partial charge is 0.398 e. The van der Waals surface area contributed by atoms with Crippen LogP contribution in [0.15, 0.2) is 12.1 Å². The van der Waals surface area contributed by atoms with Gasteiger partial charge in [-0.3, -0.25) is 4.70 Å². The van der Waals surface area contributed by atoms with Crippen molar-refractivity contribution in [3.05, 3.63) is 27.3 Å². The highest BCUT2D eigenvalue weighted by Crippen LogP contribution is 2.18. The van der Waals surface area contributed by atoms with Crippen molar-refractivity contribution in [3.63, 3.8) is 0 Å². The maximum absolute atomic E-state index is 12.3. The summed E-state index contributed by atoms with van der Waals surface area (Å²) < 4.78 is 25.1. The van der Waals surface area contributed by atoms with Gasteiger partial charge in [0, 0.05) is 15.3 Å². The lowest BCUT2D eigenvalue weighted by atomic mass is 10.3. The second-order valence-corrected chi connectivity index (χ2v) is 2.95. The predicted molar refractivity (Wildman–Crippen MR) is 46.0 cm³/mol. The van der Waals surface area contributed by atoms with Crippen LogP contribution < -0.4 is 5.73 Å². The Morgan fingerprint density at radius 2 is 1.64 bits per heavy atom. The molecule has 1 aromatic rings. The monoisotopic (exact) mass is 275 g/mol. The summed E-state index contributed by atoms with van der Waals surface area (Å²) in [6.45, 7) is 0. The van der Waals surface area contributed by atoms with E-state index in [1.807, 2.05) is 22.6 Å². The zero-order valence-corrected chi connectivity index (χ0v) is 7.43. The van der Waals surface area contributed by atoms with Gasteiger partial charge in [-0.25, -0.2) is 8.78 Å². The lowest BCUT2D eigenvalue weighted by Gasteiger charge is -1.97. The Labute approximate surface area is 75.1 Å². The highest BCUT2D eigenvalue weighted by molar-refractivity contribution is 14.1. The molecule has 62 valence electrons. The molecule has 0 aliphatic rings. The van der Waals surface area contributed by atoms with Crippen molar-refractivity contribution in [1.29, 1.82) is 0 Å². The second-order valence-electron chi connectivity index (χ2n) is 1.79.